The van der Waals surface area contributed by atoms with Crippen LogP contribution in [0.5, 0.6) is 0 Å². The van der Waals surface area contributed by atoms with Gasteiger partial charge in [-0.3, -0.25) is 4.98 Å². The molecule has 0 saturated heterocycles. The van der Waals surface area contributed by atoms with E-state index in [-0.39, 0.29) is 17.2 Å². The number of aliphatic hydroxyl groups is 2. The molecule has 5 nitrogen and oxygen atoms in total. The topological polar surface area (TPSA) is 101 Å². The molecule has 1 heterocycles. The number of pyridine rings is 1. The van der Waals surface area contributed by atoms with Crippen LogP contribution in [0.3, 0.4) is 0 Å². The Kier molecular flexibility index (Phi) is 3.65. The summed E-state index contributed by atoms with van der Waals surface area (Å²) < 4.78 is 0. The number of rotatable bonds is 2. The third-order valence-electron chi connectivity index (χ3n) is 1.72. The van der Waals surface area contributed by atoms with Crippen LogP contribution in [-0.2, 0) is 0 Å². The molecule has 0 bridgehead atoms. The average Bonchev–Trinajstić information content (AvgIpc) is 2.30. The van der Waals surface area contributed by atoms with Gasteiger partial charge in [0.1, 0.15) is 11.5 Å². The molecule has 0 atom stereocenters. The van der Waals surface area contributed by atoms with Crippen LogP contribution in [0.1, 0.15) is 11.3 Å². The molecule has 1 aromatic rings. The molecule has 0 aromatic carbocycles. The SMILES string of the molecule is N#C/C=C(\O)c1ccc(/C(O)=C/C#N)nc1. The Bertz CT molecular complexity index is 467. The van der Waals surface area contributed by atoms with Gasteiger partial charge in [-0.2, -0.15) is 10.5 Å². The number of nitrogens with zero attached hydrogens (tertiary/aromatic N) is 3. The fourth-order valence-corrected chi connectivity index (χ4v) is 0.976. The molecule has 1 aromatic heterocycles. The second-order valence-electron chi connectivity index (χ2n) is 2.75. The first-order valence-corrected chi connectivity index (χ1v) is 4.23. The average molecular weight is 213 g/mol. The van der Waals surface area contributed by atoms with Crippen LogP contribution < -0.4 is 0 Å². The van der Waals surface area contributed by atoms with Gasteiger partial charge in [-0.1, -0.05) is 0 Å². The largest absolute Gasteiger partial charge is 0.507 e. The van der Waals surface area contributed by atoms with Crippen LogP contribution in [-0.4, -0.2) is 15.2 Å². The first kappa shape index (κ1) is 11.3. The minimum absolute atomic E-state index is 0.203. The molecular weight excluding hydrogens is 206 g/mol. The molecular formula is C11H7N3O2. The van der Waals surface area contributed by atoms with E-state index in [0.717, 1.165) is 12.2 Å². The van der Waals surface area contributed by atoms with Crippen molar-refractivity contribution in [2.45, 2.75) is 0 Å². The fraction of sp³-hybridized carbons (Fsp3) is 0. The lowest BCUT2D eigenvalue weighted by Crippen LogP contribution is -1.90. The van der Waals surface area contributed by atoms with Crippen molar-refractivity contribution in [1.29, 1.82) is 10.5 Å². The van der Waals surface area contributed by atoms with Crippen molar-refractivity contribution in [1.82, 2.24) is 4.98 Å². The summed E-state index contributed by atoms with van der Waals surface area (Å²) in [5.41, 5.74) is 0.574. The first-order valence-electron chi connectivity index (χ1n) is 4.23. The summed E-state index contributed by atoms with van der Waals surface area (Å²) >= 11 is 0. The highest BCUT2D eigenvalue weighted by Gasteiger charge is 2.03. The molecule has 0 spiro atoms. The zero-order valence-corrected chi connectivity index (χ0v) is 8.12. The van der Waals surface area contributed by atoms with Gasteiger partial charge in [-0.25, -0.2) is 0 Å². The van der Waals surface area contributed by atoms with Gasteiger partial charge in [0.2, 0.25) is 0 Å². The summed E-state index contributed by atoms with van der Waals surface area (Å²) in [7, 11) is 0. The van der Waals surface area contributed by atoms with Gasteiger partial charge in [-0.05, 0) is 12.1 Å². The summed E-state index contributed by atoms with van der Waals surface area (Å²) in [4.78, 5) is 3.82. The van der Waals surface area contributed by atoms with Crippen LogP contribution in [0, 0.1) is 22.7 Å². The Hall–Kier alpha value is -2.79. The van der Waals surface area contributed by atoms with Crippen LogP contribution in [0.4, 0.5) is 0 Å². The second-order valence-corrected chi connectivity index (χ2v) is 2.75. The molecule has 0 unspecified atom stereocenters. The fourth-order valence-electron chi connectivity index (χ4n) is 0.976. The van der Waals surface area contributed by atoms with Gasteiger partial charge >= 0.3 is 0 Å². The minimum Gasteiger partial charge on any atom is -0.507 e. The van der Waals surface area contributed by atoms with Gasteiger partial charge in [0.15, 0.2) is 5.76 Å². The predicted octanol–water partition coefficient (Wildman–Crippen LogP) is 1.93. The third-order valence-corrected chi connectivity index (χ3v) is 1.72. The molecule has 0 aliphatic carbocycles. The van der Waals surface area contributed by atoms with E-state index in [0.29, 0.717) is 5.56 Å². The zero-order chi connectivity index (χ0) is 12.0. The molecule has 0 radical (unpaired) electrons. The Morgan fingerprint density at radius 3 is 2.25 bits per heavy atom. The first-order chi connectivity index (χ1) is 7.69. The Labute approximate surface area is 91.8 Å². The molecule has 78 valence electrons. The van der Waals surface area contributed by atoms with Crippen molar-refractivity contribution in [2.75, 3.05) is 0 Å². The summed E-state index contributed by atoms with van der Waals surface area (Å²) in [6.07, 6.45) is 3.22. The quantitative estimate of drug-likeness (QED) is 0.577. The van der Waals surface area contributed by atoms with Gasteiger partial charge < -0.3 is 10.2 Å². The number of hydrogen-bond donors (Lipinski definition) is 2. The number of hydrogen-bond acceptors (Lipinski definition) is 5. The highest BCUT2D eigenvalue weighted by Crippen LogP contribution is 2.13. The van der Waals surface area contributed by atoms with Gasteiger partial charge in [-0.15, -0.1) is 0 Å². The maximum absolute atomic E-state index is 9.32. The maximum atomic E-state index is 9.32. The molecule has 16 heavy (non-hydrogen) atoms. The van der Waals surface area contributed by atoms with Crippen molar-refractivity contribution in [3.8, 4) is 12.1 Å². The van der Waals surface area contributed by atoms with E-state index in [9.17, 15) is 10.2 Å². The number of nitriles is 2. The van der Waals surface area contributed by atoms with Crippen molar-refractivity contribution in [3.05, 3.63) is 41.7 Å². The van der Waals surface area contributed by atoms with E-state index in [1.807, 2.05) is 0 Å². The molecule has 0 aliphatic heterocycles. The van der Waals surface area contributed by atoms with E-state index in [4.69, 9.17) is 10.5 Å². The lowest BCUT2D eigenvalue weighted by molar-refractivity contribution is 0.506. The molecule has 5 heteroatoms. The summed E-state index contributed by atoms with van der Waals surface area (Å²) in [6.45, 7) is 0. The molecule has 1 rings (SSSR count). The zero-order valence-electron chi connectivity index (χ0n) is 8.12. The molecule has 0 aliphatic rings. The standard InChI is InChI=1S/C11H7N3O2/c12-5-3-10(15)8-1-2-9(14-7-8)11(16)4-6-13/h1-4,7,15-16H/b10-3-,11-4-. The van der Waals surface area contributed by atoms with Crippen molar-refractivity contribution < 1.29 is 10.2 Å². The van der Waals surface area contributed by atoms with Crippen LogP contribution in [0.25, 0.3) is 11.5 Å². The minimum atomic E-state index is -0.252. The highest BCUT2D eigenvalue weighted by atomic mass is 16.3. The van der Waals surface area contributed by atoms with Crippen molar-refractivity contribution in [3.63, 3.8) is 0 Å². The van der Waals surface area contributed by atoms with E-state index >= 15 is 0 Å². The lowest BCUT2D eigenvalue weighted by atomic mass is 10.2. The molecule has 0 amide bonds. The van der Waals surface area contributed by atoms with Crippen molar-refractivity contribution >= 4 is 11.5 Å². The molecule has 0 fully saturated rings. The van der Waals surface area contributed by atoms with E-state index < -0.39 is 0 Å². The smallest absolute Gasteiger partial charge is 0.151 e. The number of allylic oxidation sites excluding steroid dienone is 2. The summed E-state index contributed by atoms with van der Waals surface area (Å²) in [5.74, 6) is -0.455. The van der Waals surface area contributed by atoms with E-state index in [2.05, 4.69) is 4.98 Å². The molecule has 0 saturated carbocycles. The van der Waals surface area contributed by atoms with Gasteiger partial charge in [0.25, 0.3) is 0 Å². The van der Waals surface area contributed by atoms with Crippen molar-refractivity contribution in [2.24, 2.45) is 0 Å². The summed E-state index contributed by atoms with van der Waals surface area (Å²) in [5, 5.41) is 35.3. The number of aliphatic hydroxyl groups excluding tert-OH is 2. The van der Waals surface area contributed by atoms with Crippen LogP contribution in [0.2, 0.25) is 0 Å². The predicted molar refractivity (Wildman–Crippen MR) is 56.7 cm³/mol. The normalized spacial score (nSPS) is 11.6. The van der Waals surface area contributed by atoms with Crippen LogP contribution in [0.15, 0.2) is 30.5 Å². The Balaban J connectivity index is 3.02. The summed E-state index contributed by atoms with van der Waals surface area (Å²) in [6, 6.07) is 6.26. The molecule has 2 N–H and O–H groups in total. The van der Waals surface area contributed by atoms with E-state index in [1.165, 1.54) is 18.3 Å². The van der Waals surface area contributed by atoms with Gasteiger partial charge in [0.05, 0.1) is 24.3 Å². The Morgan fingerprint density at radius 2 is 1.75 bits per heavy atom. The monoisotopic (exact) mass is 213 g/mol. The maximum Gasteiger partial charge on any atom is 0.151 e. The third kappa shape index (κ3) is 2.60. The van der Waals surface area contributed by atoms with E-state index in [1.54, 1.807) is 12.1 Å². The lowest BCUT2D eigenvalue weighted by Gasteiger charge is -2.00. The number of aromatic nitrogens is 1. The van der Waals surface area contributed by atoms with Gasteiger partial charge in [0, 0.05) is 11.8 Å². The second kappa shape index (κ2) is 5.18. The highest BCUT2D eigenvalue weighted by molar-refractivity contribution is 5.63. The van der Waals surface area contributed by atoms with Crippen LogP contribution >= 0.6 is 0 Å². The Morgan fingerprint density at radius 1 is 1.12 bits per heavy atom.